The van der Waals surface area contributed by atoms with E-state index in [4.69, 9.17) is 39.8 Å². The molecule has 0 saturated heterocycles. The number of carboxylic acids is 2. The number of rotatable bonds is 68. The highest BCUT2D eigenvalue weighted by Gasteiger charge is 2.40. The summed E-state index contributed by atoms with van der Waals surface area (Å²) < 4.78 is 0. The standard InChI is InChI=1S/C78H133N25O29S/c1-11-38(8)62(76(131)100-47(25-35(2)3)67(122)89-28-57(112)91-44(15-20-54(80)109)69(124)99-49(27-37(6)7)73(128)95-42(14-19-53(79)108)65(120)88-30-59(114)93-52(64(83)119)33-133-34-56(82)111)102-70(125)45(16-21-55(81)110)97-68(123)41(13-12-24-86-78(84)85)94-74(129)50(31-104)92-58(113)29-87-66(121)43(17-22-60(115)116)96-75(130)51(32-105)101-77(132)63(39(9)106)103-71(126)46(18-23-61(117)118)98-72(127)48(26-36(4)5)90-40(10)107/h35-39,41-52,62-63,104-106H,11-34H2,1-10H3,(H2,79,108)(H2,80,109)(H2,81,110)(H2,82,111)(H2,83,119)(H,87,121)(H,88,120)(H,89,122)(H,90,107)(H,91,112)(H,92,113)(H,93,114)(H,94,129)(H,95,128)(H,96,130)(H,97,123)(H,98,127)(H,99,124)(H,100,131)(H,101,132)(H,102,125)(H,103,126)(H,115,116)(H,117,118)(H4,84,85,86)/t38-,39+,41-,42-,43-,44-,45-,46-,47-,48-,49-,50-,51-,52-,62-,63-/m0/s1. The fraction of sp³-hybridized carbons (Fsp3) is 0.679. The number of aliphatic hydroxyl groups is 3. The van der Waals surface area contributed by atoms with Crippen molar-refractivity contribution in [2.75, 3.05) is 50.9 Å². The number of aliphatic carboxylic acids is 2. The third kappa shape index (κ3) is 51.3. The summed E-state index contributed by atoms with van der Waals surface area (Å²) in [6.45, 7) is 9.85. The van der Waals surface area contributed by atoms with Crippen molar-refractivity contribution >= 4 is 160 Å². The number of nitrogens with two attached hydrogens (primary N) is 6. The van der Waals surface area contributed by atoms with Crippen LogP contribution in [0.3, 0.4) is 0 Å². The number of carbonyl (C=O) groups excluding carboxylic acids is 22. The van der Waals surface area contributed by atoms with E-state index in [0.29, 0.717) is 0 Å². The molecule has 36 N–H and O–H groups in total. The van der Waals surface area contributed by atoms with Gasteiger partial charge in [0.1, 0.15) is 84.6 Å². The normalized spacial score (nSPS) is 14.6. The Bertz CT molecular complexity index is 4070. The molecule has 0 aromatic carbocycles. The molecule has 54 nitrogen and oxygen atoms in total. The number of amides is 22. The lowest BCUT2D eigenvalue weighted by Gasteiger charge is -2.29. The molecule has 0 heterocycles. The van der Waals surface area contributed by atoms with Crippen LogP contribution < -0.4 is 130 Å². The summed E-state index contributed by atoms with van der Waals surface area (Å²) in [4.78, 5) is 316. The van der Waals surface area contributed by atoms with Gasteiger partial charge in [0.05, 0.1) is 44.7 Å². The van der Waals surface area contributed by atoms with Crippen LogP contribution in [0.1, 0.15) is 172 Å². The summed E-state index contributed by atoms with van der Waals surface area (Å²) >= 11 is 0.885. The monoisotopic (exact) mass is 1920 g/mol. The quantitative estimate of drug-likeness (QED) is 0.0153. The lowest BCUT2D eigenvalue weighted by molar-refractivity contribution is -0.140. The van der Waals surface area contributed by atoms with Crippen molar-refractivity contribution in [3.63, 3.8) is 0 Å². The van der Waals surface area contributed by atoms with Crippen molar-refractivity contribution < 1.29 is 141 Å². The summed E-state index contributed by atoms with van der Waals surface area (Å²) in [5, 5.41) is 99.4. The first-order valence-corrected chi connectivity index (χ1v) is 43.7. The van der Waals surface area contributed by atoms with Gasteiger partial charge in [0.2, 0.25) is 130 Å². The third-order valence-corrected chi connectivity index (χ3v) is 20.3. The predicted molar refractivity (Wildman–Crippen MR) is 469 cm³/mol. The highest BCUT2D eigenvalue weighted by molar-refractivity contribution is 8.00. The fourth-order valence-corrected chi connectivity index (χ4v) is 12.9. The topological polar surface area (TPSA) is 907 Å². The highest BCUT2D eigenvalue weighted by atomic mass is 32.2. The van der Waals surface area contributed by atoms with Crippen molar-refractivity contribution in [2.24, 2.45) is 58.1 Å². The average Bonchev–Trinajstić information content (AvgIpc) is 0.844. The number of guanidine groups is 1. The number of primary amides is 5. The zero-order valence-electron chi connectivity index (χ0n) is 75.8. The molecule has 0 saturated carbocycles. The zero-order valence-corrected chi connectivity index (χ0v) is 76.7. The van der Waals surface area contributed by atoms with Crippen LogP contribution in [-0.4, -0.2) is 315 Å². The Hall–Kier alpha value is -13.2. The number of thioether (sulfide) groups is 1. The van der Waals surface area contributed by atoms with E-state index in [1.807, 2.05) is 5.32 Å². The molecule has 0 aliphatic heterocycles. The SMILES string of the molecule is CC[C@H](C)[C@H](NC(=O)[C@H](CCC(N)=O)NC(=O)[C@H](CCCNC(=N)N)NC(=O)[C@H](CO)NC(=O)CNC(=O)[C@H](CCC(=O)O)NC(=O)[C@H](CO)NC(=O)[C@@H](NC(=O)[C@H](CCC(=O)O)NC(=O)[C@H](CC(C)C)NC(C)=O)[C@@H](C)O)C(=O)N[C@@H](CC(C)C)C(=O)NCC(=O)N[C@@H](CCC(N)=O)C(=O)N[C@@H](CC(C)C)C(=O)N[C@@H](CCC(N)=O)C(=O)NCC(=O)N[C@@H](CSCC(N)=O)C(N)=O. The molecule has 22 amide bonds. The molecule has 0 aliphatic carbocycles. The summed E-state index contributed by atoms with van der Waals surface area (Å²) in [7, 11) is 0. The van der Waals surface area contributed by atoms with E-state index in [2.05, 4.69) is 90.4 Å². The second-order valence-electron chi connectivity index (χ2n) is 32.4. The van der Waals surface area contributed by atoms with Crippen LogP contribution in [0.5, 0.6) is 0 Å². The van der Waals surface area contributed by atoms with E-state index < -0.39 is 342 Å². The van der Waals surface area contributed by atoms with Crippen LogP contribution in [0.15, 0.2) is 0 Å². The Morgan fingerprint density at radius 3 is 0.962 bits per heavy atom. The van der Waals surface area contributed by atoms with E-state index in [0.717, 1.165) is 25.6 Å². The van der Waals surface area contributed by atoms with Crippen molar-refractivity contribution in [1.82, 2.24) is 95.7 Å². The third-order valence-electron chi connectivity index (χ3n) is 19.2. The van der Waals surface area contributed by atoms with Crippen LogP contribution in [0.2, 0.25) is 0 Å². The van der Waals surface area contributed by atoms with Crippen LogP contribution in [0.4, 0.5) is 0 Å². The van der Waals surface area contributed by atoms with E-state index in [1.54, 1.807) is 48.5 Å². The van der Waals surface area contributed by atoms with Crippen LogP contribution >= 0.6 is 11.8 Å². The van der Waals surface area contributed by atoms with Crippen molar-refractivity contribution in [1.29, 1.82) is 5.41 Å². The van der Waals surface area contributed by atoms with E-state index in [9.17, 15) is 141 Å². The summed E-state index contributed by atoms with van der Waals surface area (Å²) in [5.74, 6) is -29.0. The van der Waals surface area contributed by atoms with Gasteiger partial charge in [0, 0.05) is 51.3 Å². The zero-order chi connectivity index (χ0) is 102. The number of hydrogen-bond acceptors (Lipinski definition) is 29. The Balaban J connectivity index is 6.89. The number of carbonyl (C=O) groups is 24. The highest BCUT2D eigenvalue weighted by Crippen LogP contribution is 2.16. The van der Waals surface area contributed by atoms with E-state index in [-0.39, 0.29) is 74.3 Å². The molecule has 55 heteroatoms. The molecule has 133 heavy (non-hydrogen) atoms. The molecule has 0 unspecified atom stereocenters. The van der Waals surface area contributed by atoms with Gasteiger partial charge in [0.25, 0.3) is 0 Å². The first-order valence-electron chi connectivity index (χ1n) is 42.5. The molecule has 750 valence electrons. The molecular weight excluding hydrogens is 1780 g/mol. The van der Waals surface area contributed by atoms with Gasteiger partial charge in [-0.15, -0.1) is 11.8 Å². The van der Waals surface area contributed by atoms with Gasteiger partial charge in [-0.25, -0.2) is 0 Å². The average molecular weight is 1920 g/mol. The number of carboxylic acid groups (broad SMARTS) is 2. The van der Waals surface area contributed by atoms with Gasteiger partial charge in [-0.3, -0.25) is 120 Å². The number of aliphatic hydroxyl groups excluding tert-OH is 3. The molecular formula is C78H133N25O29S. The van der Waals surface area contributed by atoms with Crippen LogP contribution in [0, 0.1) is 29.1 Å². The minimum atomic E-state index is -2.06. The molecule has 0 radical (unpaired) electrons. The summed E-state index contributed by atoms with van der Waals surface area (Å²) in [6, 6.07) is -23.6. The maximum atomic E-state index is 14.5. The van der Waals surface area contributed by atoms with E-state index >= 15 is 0 Å². The Labute approximate surface area is 769 Å². The Kier molecular flexibility index (Phi) is 56.7. The predicted octanol–water partition coefficient (Wildman–Crippen LogP) is -12.8. The van der Waals surface area contributed by atoms with Crippen molar-refractivity contribution in [3.05, 3.63) is 0 Å². The molecule has 0 bridgehead atoms. The van der Waals surface area contributed by atoms with Gasteiger partial charge in [-0.1, -0.05) is 61.8 Å². The number of hydrogen-bond donors (Lipinski definition) is 30. The number of nitrogens with one attached hydrogen (secondary N) is 19. The van der Waals surface area contributed by atoms with Crippen molar-refractivity contribution in [2.45, 2.75) is 263 Å². The largest absolute Gasteiger partial charge is 0.481 e. The second kappa shape index (κ2) is 63.0. The van der Waals surface area contributed by atoms with Crippen LogP contribution in [-0.2, 0) is 115 Å². The fourth-order valence-electron chi connectivity index (χ4n) is 12.1. The lowest BCUT2D eigenvalue weighted by Crippen LogP contribution is -2.62. The molecule has 0 rings (SSSR count). The maximum absolute atomic E-state index is 14.5. The molecule has 0 aromatic rings. The van der Waals surface area contributed by atoms with Gasteiger partial charge in [0.15, 0.2) is 5.96 Å². The van der Waals surface area contributed by atoms with Gasteiger partial charge < -0.3 is 156 Å². The van der Waals surface area contributed by atoms with Gasteiger partial charge in [-0.2, -0.15) is 0 Å². The van der Waals surface area contributed by atoms with E-state index in [1.165, 1.54) is 6.92 Å². The first-order chi connectivity index (χ1) is 62.1. The summed E-state index contributed by atoms with van der Waals surface area (Å²) in [5.41, 5.74) is 32.2. The molecule has 0 fully saturated rings. The molecule has 16 atom stereocenters. The first kappa shape index (κ1) is 120. The molecule has 0 aliphatic rings. The Morgan fingerprint density at radius 1 is 0.331 bits per heavy atom. The lowest BCUT2D eigenvalue weighted by atomic mass is 9.96. The van der Waals surface area contributed by atoms with Gasteiger partial charge in [-0.05, 0) is 94.8 Å². The summed E-state index contributed by atoms with van der Waals surface area (Å²) in [6.07, 6.45) is -8.38. The minimum absolute atomic E-state index is 0.0711. The van der Waals surface area contributed by atoms with Gasteiger partial charge >= 0.3 is 11.9 Å². The van der Waals surface area contributed by atoms with Crippen molar-refractivity contribution in [3.8, 4) is 0 Å². The van der Waals surface area contributed by atoms with Crippen LogP contribution in [0.25, 0.3) is 0 Å². The smallest absolute Gasteiger partial charge is 0.303 e. The second-order valence-corrected chi connectivity index (χ2v) is 33.4. The Morgan fingerprint density at radius 2 is 0.617 bits per heavy atom. The maximum Gasteiger partial charge on any atom is 0.303 e. The molecule has 0 aromatic heterocycles. The minimum Gasteiger partial charge on any atom is -0.481 e. The molecule has 0 spiro atoms.